The van der Waals surface area contributed by atoms with Gasteiger partial charge in [0, 0.05) is 32.9 Å². The molecule has 0 aliphatic rings. The van der Waals surface area contributed by atoms with Crippen LogP contribution in [-0.4, -0.2) is 77.5 Å². The summed E-state index contributed by atoms with van der Waals surface area (Å²) in [6, 6.07) is 16.8. The Morgan fingerprint density at radius 2 is 1.63 bits per heavy atom. The third kappa shape index (κ3) is 7.31. The second kappa shape index (κ2) is 13.7. The molecule has 41 heavy (non-hydrogen) atoms. The van der Waals surface area contributed by atoms with Crippen LogP contribution < -0.4 is 9.75 Å². The molecule has 0 saturated heterocycles. The fraction of sp³-hybridized carbons (Fsp3) is 0.250. The van der Waals surface area contributed by atoms with E-state index < -0.39 is 21.7 Å². The lowest BCUT2D eigenvalue weighted by molar-refractivity contribution is 0.0987. The van der Waals surface area contributed by atoms with Gasteiger partial charge in [-0.25, -0.2) is 17.8 Å². The highest BCUT2D eigenvalue weighted by Gasteiger charge is 2.26. The van der Waals surface area contributed by atoms with E-state index in [4.69, 9.17) is 14.2 Å². The number of halogens is 1. The van der Waals surface area contributed by atoms with E-state index in [1.54, 1.807) is 31.4 Å². The minimum Gasteiger partial charge on any atom is -0.497 e. The molecule has 0 bridgehead atoms. The van der Waals surface area contributed by atoms with E-state index in [9.17, 15) is 17.6 Å². The summed E-state index contributed by atoms with van der Waals surface area (Å²) >= 11 is 1.10. The summed E-state index contributed by atoms with van der Waals surface area (Å²) in [5, 5.41) is 5.73. The fourth-order valence-corrected chi connectivity index (χ4v) is 6.11. The number of hydrogen-bond acceptors (Lipinski definition) is 9. The minimum atomic E-state index is -3.87. The zero-order valence-corrected chi connectivity index (χ0v) is 24.3. The summed E-state index contributed by atoms with van der Waals surface area (Å²) < 4.78 is 57.5. The Labute approximate surface area is 241 Å². The van der Waals surface area contributed by atoms with E-state index in [0.717, 1.165) is 16.3 Å². The number of fused-ring (bicyclic) bond motifs is 1. The Kier molecular flexibility index (Phi) is 10.1. The molecule has 0 aliphatic heterocycles. The molecular formula is C28H29FN4O6S2. The number of amides is 1. The number of rotatable bonds is 13. The lowest BCUT2D eigenvalue weighted by Gasteiger charge is -2.21. The summed E-state index contributed by atoms with van der Waals surface area (Å²) in [6.45, 7) is 0.726. The molecule has 0 fully saturated rings. The highest BCUT2D eigenvalue weighted by molar-refractivity contribution is 7.89. The molecule has 13 heteroatoms. The van der Waals surface area contributed by atoms with E-state index in [2.05, 4.69) is 10.1 Å². The van der Waals surface area contributed by atoms with Crippen LogP contribution in [0, 0.1) is 5.82 Å². The number of aromatic nitrogens is 1. The van der Waals surface area contributed by atoms with E-state index >= 15 is 0 Å². The maximum atomic E-state index is 13.8. The van der Waals surface area contributed by atoms with Crippen molar-refractivity contribution in [2.24, 2.45) is 5.10 Å². The number of anilines is 1. The summed E-state index contributed by atoms with van der Waals surface area (Å²) in [5.41, 5.74) is 1.39. The second-order valence-electron chi connectivity index (χ2n) is 8.66. The molecule has 10 nitrogen and oxygen atoms in total. The molecule has 0 saturated carbocycles. The molecule has 216 valence electrons. The Bertz CT molecular complexity index is 1600. The van der Waals surface area contributed by atoms with Crippen LogP contribution in [0.25, 0.3) is 10.2 Å². The van der Waals surface area contributed by atoms with Gasteiger partial charge in [0.2, 0.25) is 15.2 Å². The van der Waals surface area contributed by atoms with Crippen LogP contribution in [0.4, 0.5) is 9.52 Å². The maximum absolute atomic E-state index is 13.8. The standard InChI is InChI=1S/C28H29FN4O6S2/c1-37-16-14-32(15-17-38-2)41(35,36)24-11-6-21(7-12-24)27(34)33(30-19-20-4-9-23(39-3)10-5-20)28-31-25-13-8-22(29)18-26(25)40-28/h4-13,18-19H,14-17H2,1-3H3/b30-19+. The molecule has 4 aromatic rings. The topological polar surface area (TPSA) is 111 Å². The second-order valence-corrected chi connectivity index (χ2v) is 11.6. The fourth-order valence-electron chi connectivity index (χ4n) is 3.76. The average molecular weight is 601 g/mol. The average Bonchev–Trinajstić information content (AvgIpc) is 3.40. The van der Waals surface area contributed by atoms with Gasteiger partial charge in [0.1, 0.15) is 11.6 Å². The smallest absolute Gasteiger partial charge is 0.280 e. The van der Waals surface area contributed by atoms with Crippen molar-refractivity contribution in [3.63, 3.8) is 0 Å². The monoisotopic (exact) mass is 600 g/mol. The van der Waals surface area contributed by atoms with Gasteiger partial charge in [0.15, 0.2) is 0 Å². The molecule has 0 N–H and O–H groups in total. The first-order valence-electron chi connectivity index (χ1n) is 12.4. The Hall–Kier alpha value is -3.75. The van der Waals surface area contributed by atoms with Crippen molar-refractivity contribution in [1.29, 1.82) is 0 Å². The van der Waals surface area contributed by atoms with Crippen LogP contribution in [0.1, 0.15) is 15.9 Å². The quantitative estimate of drug-likeness (QED) is 0.165. The van der Waals surface area contributed by atoms with Crippen molar-refractivity contribution in [2.45, 2.75) is 4.90 Å². The Morgan fingerprint density at radius 1 is 0.976 bits per heavy atom. The molecule has 0 aliphatic carbocycles. The summed E-state index contributed by atoms with van der Waals surface area (Å²) in [6.07, 6.45) is 1.49. The minimum absolute atomic E-state index is 0.0185. The van der Waals surface area contributed by atoms with Crippen molar-refractivity contribution < 1.29 is 31.8 Å². The first-order chi connectivity index (χ1) is 19.8. The van der Waals surface area contributed by atoms with E-state index in [0.29, 0.717) is 21.5 Å². The lowest BCUT2D eigenvalue weighted by Crippen LogP contribution is -2.36. The van der Waals surface area contributed by atoms with E-state index in [-0.39, 0.29) is 41.9 Å². The van der Waals surface area contributed by atoms with Crippen LogP contribution in [0.5, 0.6) is 5.75 Å². The lowest BCUT2D eigenvalue weighted by atomic mass is 10.2. The predicted molar refractivity (Wildman–Crippen MR) is 156 cm³/mol. The molecule has 0 radical (unpaired) electrons. The van der Waals surface area contributed by atoms with Gasteiger partial charge in [0.05, 0.1) is 41.7 Å². The van der Waals surface area contributed by atoms with Crippen LogP contribution in [-0.2, 0) is 19.5 Å². The van der Waals surface area contributed by atoms with Gasteiger partial charge < -0.3 is 14.2 Å². The zero-order chi connectivity index (χ0) is 29.4. The molecule has 0 spiro atoms. The number of ether oxygens (including phenoxy) is 3. The van der Waals surface area contributed by atoms with Gasteiger partial charge in [-0.15, -0.1) is 0 Å². The number of benzene rings is 3. The first-order valence-corrected chi connectivity index (χ1v) is 14.7. The van der Waals surface area contributed by atoms with Gasteiger partial charge in [-0.05, 0) is 72.3 Å². The van der Waals surface area contributed by atoms with E-state index in [1.165, 1.54) is 67.2 Å². The number of carbonyl (C=O) groups excluding carboxylic acids is 1. The third-order valence-corrected chi connectivity index (χ3v) is 8.89. The SMILES string of the molecule is COCCN(CCOC)S(=O)(=O)c1ccc(C(=O)N(/N=C/c2ccc(OC)cc2)c2nc3ccc(F)cc3s2)cc1. The van der Waals surface area contributed by atoms with Crippen molar-refractivity contribution >= 4 is 48.8 Å². The molecule has 1 amide bonds. The van der Waals surface area contributed by atoms with Crippen LogP contribution in [0.2, 0.25) is 0 Å². The van der Waals surface area contributed by atoms with Gasteiger partial charge in [0.25, 0.3) is 5.91 Å². The summed E-state index contributed by atoms with van der Waals surface area (Å²) in [4.78, 5) is 18.2. The number of carbonyl (C=O) groups is 1. The number of nitrogens with zero attached hydrogens (tertiary/aromatic N) is 4. The highest BCUT2D eigenvalue weighted by atomic mass is 32.2. The Morgan fingerprint density at radius 3 is 2.24 bits per heavy atom. The normalized spacial score (nSPS) is 11.9. The zero-order valence-electron chi connectivity index (χ0n) is 22.7. The van der Waals surface area contributed by atoms with Gasteiger partial charge in [-0.2, -0.15) is 14.4 Å². The van der Waals surface area contributed by atoms with Crippen LogP contribution in [0.3, 0.4) is 0 Å². The number of methoxy groups -OCH3 is 3. The Balaban J connectivity index is 1.66. The van der Waals surface area contributed by atoms with E-state index in [1.807, 2.05) is 0 Å². The number of sulfonamides is 1. The van der Waals surface area contributed by atoms with Crippen molar-refractivity contribution in [3.8, 4) is 5.75 Å². The molecule has 0 atom stereocenters. The first kappa shape index (κ1) is 30.2. The molecule has 1 heterocycles. The molecule has 1 aromatic heterocycles. The molecule has 3 aromatic carbocycles. The van der Waals surface area contributed by atoms with Crippen LogP contribution >= 0.6 is 11.3 Å². The maximum Gasteiger partial charge on any atom is 0.280 e. The predicted octanol–water partition coefficient (Wildman–Crippen LogP) is 4.41. The number of hydrogen-bond donors (Lipinski definition) is 0. The van der Waals surface area contributed by atoms with Crippen molar-refractivity contribution in [3.05, 3.63) is 83.7 Å². The molecule has 0 unspecified atom stereocenters. The van der Waals surface area contributed by atoms with Crippen molar-refractivity contribution in [1.82, 2.24) is 9.29 Å². The summed E-state index contributed by atoms with van der Waals surface area (Å²) in [5.74, 6) is -0.302. The van der Waals surface area contributed by atoms with Crippen molar-refractivity contribution in [2.75, 3.05) is 52.6 Å². The van der Waals surface area contributed by atoms with Gasteiger partial charge in [-0.3, -0.25) is 4.79 Å². The third-order valence-electron chi connectivity index (χ3n) is 5.98. The van der Waals surface area contributed by atoms with Gasteiger partial charge >= 0.3 is 0 Å². The summed E-state index contributed by atoms with van der Waals surface area (Å²) in [7, 11) is 0.676. The number of thiazole rings is 1. The number of hydrazone groups is 1. The molecule has 4 rings (SSSR count). The van der Waals surface area contributed by atoms with Gasteiger partial charge in [-0.1, -0.05) is 11.3 Å². The highest BCUT2D eigenvalue weighted by Crippen LogP contribution is 2.31. The molecular weight excluding hydrogens is 571 g/mol. The largest absolute Gasteiger partial charge is 0.497 e. The van der Waals surface area contributed by atoms with Crippen LogP contribution in [0.15, 0.2) is 76.7 Å².